The van der Waals surface area contributed by atoms with Crippen LogP contribution in [-0.2, 0) is 12.2 Å². The second-order valence-corrected chi connectivity index (χ2v) is 7.50. The standard InChI is InChI=1S/C20H19FN4OS/c21-16-9-8-14-2-1-3-18(17(14)10-16)24-19(26)15-6-4-13(5-7-15)11-27-20-22-12-23-25-20/h4-10,12,18H,1-3,11H2,(H,24,26)(H,22,23,25)/t18-/m1/s1. The first-order chi connectivity index (χ1) is 13.2. The lowest BCUT2D eigenvalue weighted by Gasteiger charge is -2.26. The van der Waals surface area contributed by atoms with Crippen molar-refractivity contribution in [3.63, 3.8) is 0 Å². The van der Waals surface area contributed by atoms with Gasteiger partial charge in [-0.2, -0.15) is 5.10 Å². The van der Waals surface area contributed by atoms with E-state index in [0.717, 1.165) is 46.9 Å². The van der Waals surface area contributed by atoms with Crippen molar-refractivity contribution < 1.29 is 9.18 Å². The Labute approximate surface area is 160 Å². The highest BCUT2D eigenvalue weighted by Crippen LogP contribution is 2.30. The fraction of sp³-hybridized carbons (Fsp3) is 0.250. The Kier molecular flexibility index (Phi) is 5.20. The van der Waals surface area contributed by atoms with Crippen LogP contribution >= 0.6 is 11.8 Å². The fourth-order valence-corrected chi connectivity index (χ4v) is 4.06. The zero-order valence-corrected chi connectivity index (χ0v) is 15.4. The maximum atomic E-state index is 13.6. The molecule has 0 fully saturated rings. The summed E-state index contributed by atoms with van der Waals surface area (Å²) in [4.78, 5) is 16.7. The lowest BCUT2D eigenvalue weighted by Crippen LogP contribution is -2.31. The number of hydrogen-bond acceptors (Lipinski definition) is 4. The van der Waals surface area contributed by atoms with Crippen LogP contribution in [0.15, 0.2) is 53.9 Å². The molecule has 0 aliphatic heterocycles. The molecule has 2 aromatic carbocycles. The number of thioether (sulfide) groups is 1. The molecule has 1 aliphatic carbocycles. The van der Waals surface area contributed by atoms with Gasteiger partial charge in [0.1, 0.15) is 12.1 Å². The number of nitrogens with zero attached hydrogens (tertiary/aromatic N) is 2. The van der Waals surface area contributed by atoms with Crippen molar-refractivity contribution in [3.8, 4) is 0 Å². The van der Waals surface area contributed by atoms with E-state index in [1.807, 2.05) is 30.3 Å². The smallest absolute Gasteiger partial charge is 0.251 e. The molecule has 0 saturated heterocycles. The molecule has 3 aromatic rings. The van der Waals surface area contributed by atoms with E-state index < -0.39 is 0 Å². The van der Waals surface area contributed by atoms with E-state index in [1.165, 1.54) is 12.4 Å². The van der Waals surface area contributed by atoms with Crippen LogP contribution in [0.1, 0.15) is 45.9 Å². The molecule has 0 unspecified atom stereocenters. The monoisotopic (exact) mass is 382 g/mol. The number of aryl methyl sites for hydroxylation is 1. The van der Waals surface area contributed by atoms with Crippen molar-refractivity contribution in [1.29, 1.82) is 0 Å². The largest absolute Gasteiger partial charge is 0.345 e. The number of benzene rings is 2. The number of nitrogens with one attached hydrogen (secondary N) is 2. The van der Waals surface area contributed by atoms with E-state index in [-0.39, 0.29) is 17.8 Å². The molecule has 4 rings (SSSR count). The summed E-state index contributed by atoms with van der Waals surface area (Å²) in [5.41, 5.74) is 3.72. The third-order valence-corrected chi connectivity index (χ3v) is 5.66. The molecule has 0 spiro atoms. The summed E-state index contributed by atoms with van der Waals surface area (Å²) >= 11 is 1.55. The Morgan fingerprint density at radius 3 is 2.89 bits per heavy atom. The van der Waals surface area contributed by atoms with Crippen molar-refractivity contribution in [3.05, 3.63) is 76.9 Å². The molecule has 7 heteroatoms. The fourth-order valence-electron chi connectivity index (χ4n) is 3.33. The predicted octanol–water partition coefficient (Wildman–Crippen LogP) is 4.04. The first-order valence-corrected chi connectivity index (χ1v) is 9.84. The topological polar surface area (TPSA) is 70.7 Å². The van der Waals surface area contributed by atoms with Gasteiger partial charge in [-0.1, -0.05) is 30.0 Å². The lowest BCUT2D eigenvalue weighted by atomic mass is 9.87. The summed E-state index contributed by atoms with van der Waals surface area (Å²) in [5, 5.41) is 10.4. The normalized spacial score (nSPS) is 16.0. The minimum Gasteiger partial charge on any atom is -0.345 e. The quantitative estimate of drug-likeness (QED) is 0.653. The van der Waals surface area contributed by atoms with Gasteiger partial charge in [0.05, 0.1) is 6.04 Å². The van der Waals surface area contributed by atoms with Gasteiger partial charge in [-0.05, 0) is 60.2 Å². The van der Waals surface area contributed by atoms with Gasteiger partial charge in [0.2, 0.25) is 0 Å². The minimum atomic E-state index is -0.261. The van der Waals surface area contributed by atoms with Crippen LogP contribution in [0.2, 0.25) is 0 Å². The van der Waals surface area contributed by atoms with E-state index in [2.05, 4.69) is 20.5 Å². The summed E-state index contributed by atoms with van der Waals surface area (Å²) < 4.78 is 13.6. The Bertz CT molecular complexity index is 928. The SMILES string of the molecule is O=C(N[C@@H]1CCCc2ccc(F)cc21)c1ccc(CSc2ncn[nH]2)cc1. The van der Waals surface area contributed by atoms with Gasteiger partial charge in [0, 0.05) is 11.3 Å². The van der Waals surface area contributed by atoms with Crippen molar-refractivity contribution in [2.45, 2.75) is 36.2 Å². The summed E-state index contributed by atoms with van der Waals surface area (Å²) in [6.45, 7) is 0. The summed E-state index contributed by atoms with van der Waals surface area (Å²) in [6.07, 6.45) is 4.22. The number of hydrogen-bond donors (Lipinski definition) is 2. The molecule has 27 heavy (non-hydrogen) atoms. The number of aromatic amines is 1. The van der Waals surface area contributed by atoms with E-state index in [9.17, 15) is 9.18 Å². The predicted molar refractivity (Wildman–Crippen MR) is 102 cm³/mol. The van der Waals surface area contributed by atoms with Gasteiger partial charge < -0.3 is 5.32 Å². The molecule has 2 N–H and O–H groups in total. The number of carbonyl (C=O) groups is 1. The molecular formula is C20H19FN4OS. The van der Waals surface area contributed by atoms with Gasteiger partial charge in [0.15, 0.2) is 5.16 Å². The maximum Gasteiger partial charge on any atom is 0.251 e. The molecule has 0 bridgehead atoms. The number of fused-ring (bicyclic) bond motifs is 1. The first kappa shape index (κ1) is 17.7. The van der Waals surface area contributed by atoms with Gasteiger partial charge in [-0.3, -0.25) is 9.89 Å². The number of amides is 1. The highest BCUT2D eigenvalue weighted by molar-refractivity contribution is 7.98. The third kappa shape index (κ3) is 4.19. The molecule has 1 atom stereocenters. The van der Waals surface area contributed by atoms with Crippen molar-refractivity contribution in [2.24, 2.45) is 0 Å². The molecule has 0 radical (unpaired) electrons. The van der Waals surface area contributed by atoms with E-state index in [4.69, 9.17) is 0 Å². The molecular weight excluding hydrogens is 363 g/mol. The number of carbonyl (C=O) groups excluding carboxylic acids is 1. The summed E-state index contributed by atoms with van der Waals surface area (Å²) in [7, 11) is 0. The lowest BCUT2D eigenvalue weighted by molar-refractivity contribution is 0.0932. The van der Waals surface area contributed by atoms with Gasteiger partial charge in [-0.25, -0.2) is 9.37 Å². The maximum absolute atomic E-state index is 13.6. The number of aromatic nitrogens is 3. The number of halogens is 1. The second-order valence-electron chi connectivity index (χ2n) is 6.54. The molecule has 0 saturated carbocycles. The van der Waals surface area contributed by atoms with Crippen LogP contribution < -0.4 is 5.32 Å². The molecule has 1 heterocycles. The Morgan fingerprint density at radius 2 is 2.11 bits per heavy atom. The Balaban J connectivity index is 1.41. The molecule has 138 valence electrons. The van der Waals surface area contributed by atoms with Gasteiger partial charge >= 0.3 is 0 Å². The summed E-state index contributed by atoms with van der Waals surface area (Å²) in [6, 6.07) is 12.2. The van der Waals surface area contributed by atoms with Crippen LogP contribution in [0.3, 0.4) is 0 Å². The molecule has 1 aliphatic rings. The highest BCUT2D eigenvalue weighted by atomic mass is 32.2. The highest BCUT2D eigenvalue weighted by Gasteiger charge is 2.22. The minimum absolute atomic E-state index is 0.133. The van der Waals surface area contributed by atoms with E-state index in [1.54, 1.807) is 17.8 Å². The van der Waals surface area contributed by atoms with Crippen LogP contribution in [0, 0.1) is 5.82 Å². The van der Waals surface area contributed by atoms with Crippen LogP contribution in [0.4, 0.5) is 4.39 Å². The van der Waals surface area contributed by atoms with Crippen molar-refractivity contribution >= 4 is 17.7 Å². The first-order valence-electron chi connectivity index (χ1n) is 8.85. The van der Waals surface area contributed by atoms with E-state index >= 15 is 0 Å². The average molecular weight is 382 g/mol. The van der Waals surface area contributed by atoms with Gasteiger partial charge in [0.25, 0.3) is 5.91 Å². The zero-order valence-electron chi connectivity index (χ0n) is 14.6. The van der Waals surface area contributed by atoms with E-state index in [0.29, 0.717) is 5.56 Å². The van der Waals surface area contributed by atoms with Crippen LogP contribution in [-0.4, -0.2) is 21.1 Å². The Hall–Kier alpha value is -2.67. The summed E-state index contributed by atoms with van der Waals surface area (Å²) in [5.74, 6) is 0.349. The number of H-pyrrole nitrogens is 1. The molecule has 1 aromatic heterocycles. The Morgan fingerprint density at radius 1 is 1.26 bits per heavy atom. The van der Waals surface area contributed by atoms with Gasteiger partial charge in [-0.15, -0.1) is 0 Å². The van der Waals surface area contributed by atoms with Crippen molar-refractivity contribution in [1.82, 2.24) is 20.5 Å². The van der Waals surface area contributed by atoms with Crippen LogP contribution in [0.25, 0.3) is 0 Å². The third-order valence-electron chi connectivity index (χ3n) is 4.71. The molecule has 5 nitrogen and oxygen atoms in total. The number of rotatable bonds is 5. The second kappa shape index (κ2) is 7.92. The van der Waals surface area contributed by atoms with Crippen molar-refractivity contribution in [2.75, 3.05) is 0 Å². The average Bonchev–Trinajstić information content (AvgIpc) is 3.21. The van der Waals surface area contributed by atoms with Crippen LogP contribution in [0.5, 0.6) is 0 Å². The zero-order chi connectivity index (χ0) is 18.6. The molecule has 1 amide bonds.